The van der Waals surface area contributed by atoms with Crippen LogP contribution in [0.3, 0.4) is 0 Å². The number of aromatic carboxylic acids is 1. The van der Waals surface area contributed by atoms with Crippen LogP contribution in [0, 0.1) is 15.9 Å². The molecule has 0 unspecified atom stereocenters. The second-order valence-corrected chi connectivity index (χ2v) is 8.93. The Balaban J connectivity index is 1.32. The Hall–Kier alpha value is -4.55. The van der Waals surface area contributed by atoms with Crippen LogP contribution in [-0.4, -0.2) is 57.1 Å². The van der Waals surface area contributed by atoms with Crippen molar-refractivity contribution < 1.29 is 23.8 Å². The van der Waals surface area contributed by atoms with Crippen molar-refractivity contribution in [1.82, 2.24) is 14.9 Å². The van der Waals surface area contributed by atoms with Crippen molar-refractivity contribution in [3.05, 3.63) is 62.2 Å². The summed E-state index contributed by atoms with van der Waals surface area (Å²) in [7, 11) is 0. The first-order chi connectivity index (χ1) is 17.3. The van der Waals surface area contributed by atoms with Gasteiger partial charge in [-0.1, -0.05) is 0 Å². The third-order valence-corrected chi connectivity index (χ3v) is 6.80. The molecule has 2 aromatic carbocycles. The van der Waals surface area contributed by atoms with Gasteiger partial charge < -0.3 is 19.5 Å². The van der Waals surface area contributed by atoms with Crippen molar-refractivity contribution in [3.8, 4) is 0 Å². The fourth-order valence-corrected chi connectivity index (χ4v) is 4.84. The first-order valence-corrected chi connectivity index (χ1v) is 11.3. The van der Waals surface area contributed by atoms with E-state index in [1.54, 1.807) is 16.7 Å². The molecule has 2 fully saturated rings. The van der Waals surface area contributed by atoms with Crippen LogP contribution in [0.25, 0.3) is 21.9 Å². The highest BCUT2D eigenvalue weighted by atomic mass is 19.1. The van der Waals surface area contributed by atoms with Crippen LogP contribution in [0.5, 0.6) is 0 Å². The van der Waals surface area contributed by atoms with Crippen molar-refractivity contribution >= 4 is 45.0 Å². The van der Waals surface area contributed by atoms with Crippen LogP contribution in [-0.2, 0) is 0 Å². The minimum Gasteiger partial charge on any atom is -0.477 e. The highest BCUT2D eigenvalue weighted by molar-refractivity contribution is 5.95. The smallest absolute Gasteiger partial charge is 0.341 e. The molecule has 1 aliphatic carbocycles. The number of nitro groups is 1. The number of piperazine rings is 1. The van der Waals surface area contributed by atoms with E-state index >= 15 is 4.39 Å². The van der Waals surface area contributed by atoms with E-state index in [0.717, 1.165) is 18.9 Å². The van der Waals surface area contributed by atoms with Gasteiger partial charge in [-0.2, -0.15) is 0 Å². The Morgan fingerprint density at radius 3 is 2.39 bits per heavy atom. The number of carboxylic acids is 1. The van der Waals surface area contributed by atoms with Crippen LogP contribution in [0.1, 0.15) is 29.2 Å². The number of carbonyl (C=O) groups is 1. The van der Waals surface area contributed by atoms with E-state index in [9.17, 15) is 24.8 Å². The Bertz CT molecular complexity index is 1620. The van der Waals surface area contributed by atoms with Crippen LogP contribution in [0.15, 0.2) is 39.9 Å². The number of halogens is 1. The van der Waals surface area contributed by atoms with Gasteiger partial charge in [0.15, 0.2) is 5.52 Å². The van der Waals surface area contributed by atoms with Gasteiger partial charge in [-0.15, -0.1) is 0 Å². The number of non-ortho nitro benzene ring substituents is 1. The van der Waals surface area contributed by atoms with E-state index < -0.39 is 22.1 Å². The van der Waals surface area contributed by atoms with Crippen LogP contribution >= 0.6 is 0 Å². The van der Waals surface area contributed by atoms with Gasteiger partial charge in [-0.3, -0.25) is 14.9 Å². The normalized spacial score (nSPS) is 16.1. The lowest BCUT2D eigenvalue weighted by Gasteiger charge is -2.37. The SMILES string of the molecule is O=C(O)c1cn(C2CC2)c2cc(N3CCN(c4ccc([N+](=O)[O-])c5nonc45)CC3)c(F)cc2c1=O. The highest BCUT2D eigenvalue weighted by Crippen LogP contribution is 2.38. The number of nitro benzene ring substituents is 1. The number of hydrogen-bond acceptors (Lipinski definition) is 9. The summed E-state index contributed by atoms with van der Waals surface area (Å²) >= 11 is 0. The summed E-state index contributed by atoms with van der Waals surface area (Å²) < 4.78 is 21.7. The van der Waals surface area contributed by atoms with Gasteiger partial charge in [0.1, 0.15) is 11.4 Å². The van der Waals surface area contributed by atoms with Gasteiger partial charge in [0.2, 0.25) is 10.9 Å². The Morgan fingerprint density at radius 2 is 1.75 bits per heavy atom. The molecular formula is C23H19FN6O6. The average molecular weight is 494 g/mol. The minimum atomic E-state index is -1.33. The molecule has 4 aromatic rings. The van der Waals surface area contributed by atoms with E-state index in [2.05, 4.69) is 10.3 Å². The molecule has 6 rings (SSSR count). The third-order valence-electron chi connectivity index (χ3n) is 6.80. The van der Waals surface area contributed by atoms with Crippen molar-refractivity contribution in [2.24, 2.45) is 0 Å². The lowest BCUT2D eigenvalue weighted by molar-refractivity contribution is -0.383. The van der Waals surface area contributed by atoms with Gasteiger partial charge in [-0.05, 0) is 41.4 Å². The molecule has 0 radical (unpaired) electrons. The molecule has 0 atom stereocenters. The maximum absolute atomic E-state index is 15.2. The molecule has 0 bridgehead atoms. The Kier molecular flexibility index (Phi) is 4.88. The minimum absolute atomic E-state index is 0.0495. The zero-order valence-electron chi connectivity index (χ0n) is 18.8. The molecule has 13 heteroatoms. The van der Waals surface area contributed by atoms with E-state index in [1.807, 2.05) is 9.80 Å². The molecule has 36 heavy (non-hydrogen) atoms. The van der Waals surface area contributed by atoms with Gasteiger partial charge in [0.05, 0.1) is 21.8 Å². The van der Waals surface area contributed by atoms with Gasteiger partial charge in [0, 0.05) is 49.9 Å². The number of pyridine rings is 1. The maximum atomic E-state index is 15.2. The Labute approximate surface area is 201 Å². The van der Waals surface area contributed by atoms with E-state index in [0.29, 0.717) is 43.1 Å². The number of anilines is 2. The van der Waals surface area contributed by atoms with E-state index in [1.165, 1.54) is 12.3 Å². The molecule has 1 saturated carbocycles. The summed E-state index contributed by atoms with van der Waals surface area (Å²) in [4.78, 5) is 38.8. The molecule has 3 heterocycles. The predicted molar refractivity (Wildman–Crippen MR) is 126 cm³/mol. The van der Waals surface area contributed by atoms with E-state index in [-0.39, 0.29) is 33.7 Å². The maximum Gasteiger partial charge on any atom is 0.341 e. The topological polar surface area (TPSA) is 148 Å². The first kappa shape index (κ1) is 21.9. The largest absolute Gasteiger partial charge is 0.477 e. The molecule has 1 N–H and O–H groups in total. The average Bonchev–Trinajstić information content (AvgIpc) is 3.59. The lowest BCUT2D eigenvalue weighted by Crippen LogP contribution is -2.47. The second kappa shape index (κ2) is 8.00. The number of fused-ring (bicyclic) bond motifs is 2. The number of carboxylic acid groups (broad SMARTS) is 1. The summed E-state index contributed by atoms with van der Waals surface area (Å²) in [5, 5.41) is 28.2. The number of aromatic nitrogens is 3. The lowest BCUT2D eigenvalue weighted by atomic mass is 10.1. The summed E-state index contributed by atoms with van der Waals surface area (Å²) in [6.45, 7) is 1.83. The quantitative estimate of drug-likeness (QED) is 0.324. The number of benzene rings is 2. The molecule has 12 nitrogen and oxygen atoms in total. The van der Waals surface area contributed by atoms with Crippen LogP contribution in [0.4, 0.5) is 21.5 Å². The molecular weight excluding hydrogens is 475 g/mol. The summed E-state index contributed by atoms with van der Waals surface area (Å²) in [5.41, 5.74) is 0.573. The molecule has 1 saturated heterocycles. The first-order valence-electron chi connectivity index (χ1n) is 11.3. The van der Waals surface area contributed by atoms with E-state index in [4.69, 9.17) is 4.63 Å². The van der Waals surface area contributed by atoms with Crippen LogP contribution in [0.2, 0.25) is 0 Å². The third kappa shape index (κ3) is 3.42. The second-order valence-electron chi connectivity index (χ2n) is 8.93. The van der Waals surface area contributed by atoms with Crippen molar-refractivity contribution in [3.63, 3.8) is 0 Å². The highest BCUT2D eigenvalue weighted by Gasteiger charge is 2.29. The molecule has 2 aromatic heterocycles. The number of hydrogen-bond donors (Lipinski definition) is 1. The predicted octanol–water partition coefficient (Wildman–Crippen LogP) is 2.94. The zero-order chi connectivity index (χ0) is 25.1. The van der Waals surface area contributed by atoms with Gasteiger partial charge in [0.25, 0.3) is 0 Å². The molecule has 184 valence electrons. The standard InChI is InChI=1S/C23H19FN6O6/c24-15-9-13-18(29(12-1-2-12)11-14(22(13)31)23(32)33)10-19(15)28-7-5-27(6-8-28)16-3-4-17(30(34)35)21-20(16)25-36-26-21/h3-4,9-12H,1-2,5-8H2,(H,32,33). The number of rotatable bonds is 5. The number of nitrogens with zero attached hydrogens (tertiary/aromatic N) is 6. The van der Waals surface area contributed by atoms with Gasteiger partial charge >= 0.3 is 11.7 Å². The summed E-state index contributed by atoms with van der Waals surface area (Å²) in [6.07, 6.45) is 3.09. The molecule has 0 spiro atoms. The zero-order valence-corrected chi connectivity index (χ0v) is 18.8. The van der Waals surface area contributed by atoms with Crippen LogP contribution < -0.4 is 15.2 Å². The van der Waals surface area contributed by atoms with Crippen molar-refractivity contribution in [2.75, 3.05) is 36.0 Å². The summed E-state index contributed by atoms with van der Waals surface area (Å²) in [5.74, 6) is -1.93. The summed E-state index contributed by atoms with van der Waals surface area (Å²) in [6, 6.07) is 5.80. The Morgan fingerprint density at radius 1 is 1.08 bits per heavy atom. The fraction of sp³-hybridized carbons (Fsp3) is 0.304. The monoisotopic (exact) mass is 494 g/mol. The molecule has 1 aliphatic heterocycles. The van der Waals surface area contributed by atoms with Gasteiger partial charge in [-0.25, -0.2) is 13.8 Å². The fourth-order valence-electron chi connectivity index (χ4n) is 4.84. The van der Waals surface area contributed by atoms with Crippen molar-refractivity contribution in [2.45, 2.75) is 18.9 Å². The molecule has 2 aliphatic rings. The molecule has 0 amide bonds. The van der Waals surface area contributed by atoms with Crippen molar-refractivity contribution in [1.29, 1.82) is 0 Å².